The molecule has 0 fully saturated rings. The summed E-state index contributed by atoms with van der Waals surface area (Å²) in [5, 5.41) is 8.52. The Morgan fingerprint density at radius 1 is 1.47 bits per heavy atom. The smallest absolute Gasteiger partial charge is 0.321 e. The molecule has 1 atom stereocenters. The Hall–Kier alpha value is -1.79. The highest BCUT2D eigenvalue weighted by molar-refractivity contribution is 5.73. The highest BCUT2D eigenvalue weighted by atomic mass is 16.4. The van der Waals surface area contributed by atoms with Gasteiger partial charge >= 0.3 is 5.97 Å². The number of aliphatic carboxylic acids is 1. The summed E-state index contributed by atoms with van der Waals surface area (Å²) in [5.41, 5.74) is 7.35. The Morgan fingerprint density at radius 3 is 2.60 bits per heavy atom. The van der Waals surface area contributed by atoms with Crippen molar-refractivity contribution < 1.29 is 9.90 Å². The van der Waals surface area contributed by atoms with E-state index in [2.05, 4.69) is 11.8 Å². The molecule has 3 nitrogen and oxygen atoms in total. The second kappa shape index (κ2) is 5.18. The molecule has 0 aromatic heterocycles. The number of aryl methyl sites for hydroxylation is 1. The quantitative estimate of drug-likeness (QED) is 0.709. The molecule has 1 aromatic rings. The number of rotatable bonds is 2. The zero-order valence-corrected chi connectivity index (χ0v) is 8.53. The molecule has 0 unspecified atom stereocenters. The van der Waals surface area contributed by atoms with Crippen molar-refractivity contribution in [2.24, 2.45) is 5.73 Å². The summed E-state index contributed by atoms with van der Waals surface area (Å²) < 4.78 is 0. The summed E-state index contributed by atoms with van der Waals surface area (Å²) in [6.45, 7) is 2.00. The van der Waals surface area contributed by atoms with Gasteiger partial charge in [0.15, 0.2) is 0 Å². The van der Waals surface area contributed by atoms with Crippen LogP contribution in [0.5, 0.6) is 0 Å². The molecule has 3 N–H and O–H groups in total. The number of carboxylic acid groups (broad SMARTS) is 1. The Balaban J connectivity index is 2.59. The topological polar surface area (TPSA) is 63.3 Å². The van der Waals surface area contributed by atoms with Crippen LogP contribution in [-0.4, -0.2) is 17.1 Å². The molecular weight excluding hydrogens is 190 g/mol. The van der Waals surface area contributed by atoms with E-state index in [4.69, 9.17) is 10.8 Å². The van der Waals surface area contributed by atoms with Crippen LogP contribution in [0.3, 0.4) is 0 Å². The molecule has 0 heterocycles. The third kappa shape index (κ3) is 3.84. The van der Waals surface area contributed by atoms with E-state index >= 15 is 0 Å². The number of nitrogens with two attached hydrogens (primary N) is 1. The SMILES string of the molecule is Cc1ccc(C#CC[C@H](N)C(=O)O)cc1. The monoisotopic (exact) mass is 203 g/mol. The van der Waals surface area contributed by atoms with Crippen LogP contribution < -0.4 is 5.73 Å². The van der Waals surface area contributed by atoms with Gasteiger partial charge in [-0.1, -0.05) is 29.5 Å². The minimum Gasteiger partial charge on any atom is -0.480 e. The number of carbonyl (C=O) groups is 1. The summed E-state index contributed by atoms with van der Waals surface area (Å²) in [5.74, 6) is 4.59. The van der Waals surface area contributed by atoms with Gasteiger partial charge in [-0.25, -0.2) is 0 Å². The first-order valence-corrected chi connectivity index (χ1v) is 4.63. The lowest BCUT2D eigenvalue weighted by molar-refractivity contribution is -0.138. The van der Waals surface area contributed by atoms with Gasteiger partial charge in [0, 0.05) is 12.0 Å². The molecule has 0 bridgehead atoms. The van der Waals surface area contributed by atoms with E-state index in [1.807, 2.05) is 31.2 Å². The van der Waals surface area contributed by atoms with E-state index < -0.39 is 12.0 Å². The van der Waals surface area contributed by atoms with Crippen LogP contribution >= 0.6 is 0 Å². The Labute approximate surface area is 88.9 Å². The fourth-order valence-electron chi connectivity index (χ4n) is 0.987. The molecule has 0 aliphatic rings. The van der Waals surface area contributed by atoms with Crippen molar-refractivity contribution in [1.82, 2.24) is 0 Å². The van der Waals surface area contributed by atoms with Gasteiger partial charge in [-0.3, -0.25) is 4.79 Å². The van der Waals surface area contributed by atoms with Gasteiger partial charge in [0.25, 0.3) is 0 Å². The summed E-state index contributed by atoms with van der Waals surface area (Å²) in [7, 11) is 0. The van der Waals surface area contributed by atoms with Crippen molar-refractivity contribution in [2.75, 3.05) is 0 Å². The maximum atomic E-state index is 10.4. The van der Waals surface area contributed by atoms with Crippen LogP contribution in [0, 0.1) is 18.8 Å². The predicted molar refractivity (Wildman–Crippen MR) is 58.3 cm³/mol. The second-order valence-electron chi connectivity index (χ2n) is 3.32. The molecule has 15 heavy (non-hydrogen) atoms. The first kappa shape index (κ1) is 11.3. The van der Waals surface area contributed by atoms with E-state index in [1.165, 1.54) is 5.56 Å². The van der Waals surface area contributed by atoms with E-state index in [1.54, 1.807) is 0 Å². The van der Waals surface area contributed by atoms with E-state index in [9.17, 15) is 4.79 Å². The first-order valence-electron chi connectivity index (χ1n) is 4.63. The molecule has 0 amide bonds. The summed E-state index contributed by atoms with van der Waals surface area (Å²) in [6.07, 6.45) is 0.170. The van der Waals surface area contributed by atoms with Gasteiger partial charge in [0.05, 0.1) is 0 Å². The molecule has 3 heteroatoms. The van der Waals surface area contributed by atoms with Crippen molar-refractivity contribution in [3.63, 3.8) is 0 Å². The molecule has 1 rings (SSSR count). The minimum atomic E-state index is -1.02. The first-order chi connectivity index (χ1) is 7.09. The van der Waals surface area contributed by atoms with E-state index in [0.717, 1.165) is 5.56 Å². The summed E-state index contributed by atoms with van der Waals surface area (Å²) in [4.78, 5) is 10.4. The molecule has 0 spiro atoms. The Kier molecular flexibility index (Phi) is 3.90. The molecule has 0 radical (unpaired) electrons. The van der Waals surface area contributed by atoms with Crippen LogP contribution in [0.15, 0.2) is 24.3 Å². The molecule has 0 aliphatic carbocycles. The number of hydrogen-bond acceptors (Lipinski definition) is 2. The molecule has 0 saturated carbocycles. The lowest BCUT2D eigenvalue weighted by atomic mass is 10.1. The van der Waals surface area contributed by atoms with Crippen LogP contribution in [-0.2, 0) is 4.79 Å². The van der Waals surface area contributed by atoms with Crippen molar-refractivity contribution >= 4 is 5.97 Å². The maximum absolute atomic E-state index is 10.4. The molecule has 0 saturated heterocycles. The van der Waals surface area contributed by atoms with Crippen molar-refractivity contribution in [2.45, 2.75) is 19.4 Å². The van der Waals surface area contributed by atoms with Crippen molar-refractivity contribution in [1.29, 1.82) is 0 Å². The normalized spacial score (nSPS) is 11.3. The van der Waals surface area contributed by atoms with Gasteiger partial charge in [-0.05, 0) is 19.1 Å². The van der Waals surface area contributed by atoms with Crippen LogP contribution in [0.1, 0.15) is 17.5 Å². The lowest BCUT2D eigenvalue weighted by Gasteiger charge is -1.98. The highest BCUT2D eigenvalue weighted by Gasteiger charge is 2.07. The number of benzene rings is 1. The largest absolute Gasteiger partial charge is 0.480 e. The summed E-state index contributed by atoms with van der Waals surface area (Å²) in [6, 6.07) is 6.81. The molecular formula is C12H13NO2. The predicted octanol–water partition coefficient (Wildman–Crippen LogP) is 1.15. The fraction of sp³-hybridized carbons (Fsp3) is 0.250. The van der Waals surface area contributed by atoms with Crippen LogP contribution in [0.25, 0.3) is 0 Å². The van der Waals surface area contributed by atoms with Gasteiger partial charge in [0.1, 0.15) is 6.04 Å². The molecule has 1 aromatic carbocycles. The Bertz CT molecular complexity index is 398. The number of carboxylic acids is 1. The van der Waals surface area contributed by atoms with Gasteiger partial charge < -0.3 is 10.8 Å². The van der Waals surface area contributed by atoms with Crippen LogP contribution in [0.4, 0.5) is 0 Å². The third-order valence-electron chi connectivity index (χ3n) is 1.92. The molecule has 0 aliphatic heterocycles. The minimum absolute atomic E-state index is 0.170. The zero-order valence-electron chi connectivity index (χ0n) is 8.53. The zero-order chi connectivity index (χ0) is 11.3. The van der Waals surface area contributed by atoms with Crippen LogP contribution in [0.2, 0.25) is 0 Å². The fourth-order valence-corrected chi connectivity index (χ4v) is 0.987. The highest BCUT2D eigenvalue weighted by Crippen LogP contribution is 2.01. The maximum Gasteiger partial charge on any atom is 0.321 e. The Morgan fingerprint density at radius 2 is 2.07 bits per heavy atom. The van der Waals surface area contributed by atoms with Gasteiger partial charge in [0.2, 0.25) is 0 Å². The number of hydrogen-bond donors (Lipinski definition) is 2. The third-order valence-corrected chi connectivity index (χ3v) is 1.92. The van der Waals surface area contributed by atoms with Gasteiger partial charge in [-0.15, -0.1) is 0 Å². The average Bonchev–Trinajstić information content (AvgIpc) is 2.20. The van der Waals surface area contributed by atoms with E-state index in [0.29, 0.717) is 0 Å². The standard InChI is InChI=1S/C12H13NO2/c1-9-5-7-10(8-6-9)3-2-4-11(13)12(14)15/h5-8,11H,4,13H2,1H3,(H,14,15)/t11-/m0/s1. The van der Waals surface area contributed by atoms with Crippen molar-refractivity contribution in [3.8, 4) is 11.8 Å². The van der Waals surface area contributed by atoms with Crippen molar-refractivity contribution in [3.05, 3.63) is 35.4 Å². The lowest BCUT2D eigenvalue weighted by Crippen LogP contribution is -2.29. The van der Waals surface area contributed by atoms with Gasteiger partial charge in [-0.2, -0.15) is 0 Å². The summed E-state index contributed by atoms with van der Waals surface area (Å²) >= 11 is 0. The van der Waals surface area contributed by atoms with E-state index in [-0.39, 0.29) is 6.42 Å². The second-order valence-corrected chi connectivity index (χ2v) is 3.32. The molecule has 78 valence electrons. The average molecular weight is 203 g/mol.